The molecule has 7 heteroatoms. The molecule has 0 radical (unpaired) electrons. The Labute approximate surface area is 133 Å². The van der Waals surface area contributed by atoms with Crippen LogP contribution in [-0.2, 0) is 11.3 Å². The lowest BCUT2D eigenvalue weighted by atomic mass is 9.90. The number of carbonyl (C=O) groups excluding carboxylic acids is 1. The van der Waals surface area contributed by atoms with Crippen LogP contribution in [0.5, 0.6) is 0 Å². The molecule has 1 aliphatic heterocycles. The van der Waals surface area contributed by atoms with Gasteiger partial charge < -0.3 is 10.4 Å². The highest BCUT2D eigenvalue weighted by molar-refractivity contribution is 7.15. The molecule has 1 aromatic heterocycles. The summed E-state index contributed by atoms with van der Waals surface area (Å²) in [6, 6.07) is 0.309. The summed E-state index contributed by atoms with van der Waals surface area (Å²) >= 11 is 7.34. The maximum atomic E-state index is 11.9. The van der Waals surface area contributed by atoms with Crippen molar-refractivity contribution in [1.29, 1.82) is 0 Å². The smallest absolute Gasteiger partial charge is 0.249 e. The molecule has 3 rings (SSSR count). The van der Waals surface area contributed by atoms with Crippen molar-refractivity contribution in [3.05, 3.63) is 15.5 Å². The molecule has 0 aromatic carbocycles. The normalized spacial score (nSPS) is 22.2. The summed E-state index contributed by atoms with van der Waals surface area (Å²) in [4.78, 5) is 19.4. The Morgan fingerprint density at radius 3 is 2.76 bits per heavy atom. The van der Waals surface area contributed by atoms with Crippen molar-refractivity contribution in [3.63, 3.8) is 0 Å². The quantitative estimate of drug-likeness (QED) is 0.862. The van der Waals surface area contributed by atoms with E-state index in [0.29, 0.717) is 10.5 Å². The summed E-state index contributed by atoms with van der Waals surface area (Å²) in [6.07, 6.45) is 4.77. The average Bonchev–Trinajstić information content (AvgIpc) is 3.20. The number of aliphatic hydroxyl groups excluding tert-OH is 1. The van der Waals surface area contributed by atoms with Crippen LogP contribution in [-0.4, -0.2) is 46.1 Å². The molecule has 1 aliphatic carbocycles. The topological polar surface area (TPSA) is 65.5 Å². The summed E-state index contributed by atoms with van der Waals surface area (Å²) in [5.74, 6) is -0.116. The van der Waals surface area contributed by atoms with Crippen molar-refractivity contribution in [3.8, 4) is 0 Å². The molecule has 116 valence electrons. The Morgan fingerprint density at radius 2 is 2.19 bits per heavy atom. The molecule has 1 aromatic rings. The van der Waals surface area contributed by atoms with E-state index in [-0.39, 0.29) is 11.8 Å². The van der Waals surface area contributed by atoms with Crippen molar-refractivity contribution in [1.82, 2.24) is 15.2 Å². The Bertz CT molecular complexity index is 498. The van der Waals surface area contributed by atoms with Crippen LogP contribution in [0.15, 0.2) is 6.20 Å². The molecule has 0 unspecified atom stereocenters. The van der Waals surface area contributed by atoms with E-state index >= 15 is 0 Å². The molecule has 2 aliphatic rings. The lowest BCUT2D eigenvalue weighted by molar-refractivity contribution is -0.133. The first kappa shape index (κ1) is 15.2. The van der Waals surface area contributed by atoms with Crippen molar-refractivity contribution in [2.45, 2.75) is 44.4 Å². The number of carbonyl (C=O) groups is 1. The second-order valence-corrected chi connectivity index (χ2v) is 7.62. The van der Waals surface area contributed by atoms with Gasteiger partial charge in [0.1, 0.15) is 6.10 Å². The molecule has 2 fully saturated rings. The molecule has 5 nitrogen and oxygen atoms in total. The summed E-state index contributed by atoms with van der Waals surface area (Å²) in [7, 11) is 0. The van der Waals surface area contributed by atoms with Gasteiger partial charge in [-0.2, -0.15) is 0 Å². The number of aromatic nitrogens is 1. The lowest BCUT2D eigenvalue weighted by Gasteiger charge is -2.33. The van der Waals surface area contributed by atoms with Gasteiger partial charge >= 0.3 is 0 Å². The number of rotatable bonds is 5. The molecule has 0 spiro atoms. The molecule has 21 heavy (non-hydrogen) atoms. The van der Waals surface area contributed by atoms with E-state index in [4.69, 9.17) is 11.6 Å². The van der Waals surface area contributed by atoms with Gasteiger partial charge in [0.25, 0.3) is 0 Å². The molecule has 0 bridgehead atoms. The van der Waals surface area contributed by atoms with E-state index in [1.165, 1.54) is 11.3 Å². The van der Waals surface area contributed by atoms with Gasteiger partial charge in [0.05, 0.1) is 0 Å². The van der Waals surface area contributed by atoms with Gasteiger partial charge in [-0.05, 0) is 44.7 Å². The van der Waals surface area contributed by atoms with Gasteiger partial charge in [0.15, 0.2) is 4.47 Å². The average molecular weight is 330 g/mol. The largest absolute Gasteiger partial charge is 0.383 e. The molecule has 1 saturated heterocycles. The first-order valence-corrected chi connectivity index (χ1v) is 8.62. The Morgan fingerprint density at radius 1 is 1.48 bits per heavy atom. The van der Waals surface area contributed by atoms with Crippen LogP contribution >= 0.6 is 22.9 Å². The van der Waals surface area contributed by atoms with Gasteiger partial charge in [0, 0.05) is 23.7 Å². The minimum absolute atomic E-state index is 0.0741. The fraction of sp³-hybridized carbons (Fsp3) is 0.714. The summed E-state index contributed by atoms with van der Waals surface area (Å²) in [6.45, 7) is 2.64. The number of hydrogen-bond donors (Lipinski definition) is 2. The molecule has 2 heterocycles. The first-order chi connectivity index (χ1) is 10.1. The summed E-state index contributed by atoms with van der Waals surface area (Å²) in [5.41, 5.74) is 0. The number of hydrogen-bond acceptors (Lipinski definition) is 5. The van der Waals surface area contributed by atoms with E-state index in [0.717, 1.165) is 50.2 Å². The Hall–Kier alpha value is -0.690. The summed E-state index contributed by atoms with van der Waals surface area (Å²) in [5, 5.41) is 13.0. The van der Waals surface area contributed by atoms with Gasteiger partial charge in [0.2, 0.25) is 5.91 Å². The minimum Gasteiger partial charge on any atom is -0.383 e. The van der Waals surface area contributed by atoms with Crippen molar-refractivity contribution in [2.24, 2.45) is 5.92 Å². The van der Waals surface area contributed by atoms with Crippen LogP contribution in [0.3, 0.4) is 0 Å². The summed E-state index contributed by atoms with van der Waals surface area (Å²) < 4.78 is 0.576. The van der Waals surface area contributed by atoms with Crippen LogP contribution in [0, 0.1) is 5.92 Å². The predicted molar refractivity (Wildman–Crippen MR) is 82.3 cm³/mol. The number of nitrogens with zero attached hydrogens (tertiary/aromatic N) is 2. The van der Waals surface area contributed by atoms with Crippen molar-refractivity contribution >= 4 is 28.8 Å². The number of aliphatic hydroxyl groups is 1. The molecule has 1 atom stereocenters. The minimum atomic E-state index is -0.856. The third-order valence-electron chi connectivity index (χ3n) is 4.18. The molecule has 1 saturated carbocycles. The second-order valence-electron chi connectivity index (χ2n) is 5.92. The standard InChI is InChI=1S/C14H20ClN3O2S/c15-14-16-7-11(21-14)8-18-5-3-9(4-6-18)12(19)13(20)17-10-1-2-10/h7,9-10,12,19H,1-6,8H2,(H,17,20)/t12-/m1/s1. The maximum Gasteiger partial charge on any atom is 0.249 e. The van der Waals surface area contributed by atoms with E-state index in [9.17, 15) is 9.90 Å². The maximum absolute atomic E-state index is 11.9. The zero-order valence-corrected chi connectivity index (χ0v) is 13.4. The Kier molecular flexibility index (Phi) is 4.78. The monoisotopic (exact) mass is 329 g/mol. The fourth-order valence-electron chi connectivity index (χ4n) is 2.73. The molecular weight excluding hydrogens is 310 g/mol. The molecular formula is C14H20ClN3O2S. The molecule has 2 N–H and O–H groups in total. The highest BCUT2D eigenvalue weighted by Crippen LogP contribution is 2.26. The van der Waals surface area contributed by atoms with Crippen LogP contribution in [0.1, 0.15) is 30.6 Å². The zero-order valence-electron chi connectivity index (χ0n) is 11.8. The fourth-order valence-corrected chi connectivity index (χ4v) is 3.75. The number of halogens is 1. The van der Waals surface area contributed by atoms with E-state index in [1.807, 2.05) is 6.20 Å². The SMILES string of the molecule is O=C(NC1CC1)[C@H](O)C1CCN(Cc2cnc(Cl)s2)CC1. The molecule has 1 amide bonds. The van der Waals surface area contributed by atoms with Crippen LogP contribution in [0.4, 0.5) is 0 Å². The van der Waals surface area contributed by atoms with Crippen LogP contribution in [0.25, 0.3) is 0 Å². The lowest BCUT2D eigenvalue weighted by Crippen LogP contribution is -2.44. The van der Waals surface area contributed by atoms with Crippen LogP contribution in [0.2, 0.25) is 4.47 Å². The van der Waals surface area contributed by atoms with Crippen molar-refractivity contribution in [2.75, 3.05) is 13.1 Å². The van der Waals surface area contributed by atoms with E-state index < -0.39 is 6.10 Å². The van der Waals surface area contributed by atoms with E-state index in [1.54, 1.807) is 0 Å². The second kappa shape index (κ2) is 6.60. The van der Waals surface area contributed by atoms with Crippen molar-refractivity contribution < 1.29 is 9.90 Å². The highest BCUT2D eigenvalue weighted by Gasteiger charge is 2.32. The van der Waals surface area contributed by atoms with Gasteiger partial charge in [-0.3, -0.25) is 9.69 Å². The van der Waals surface area contributed by atoms with E-state index in [2.05, 4.69) is 15.2 Å². The number of thiazole rings is 1. The number of amides is 1. The number of nitrogens with one attached hydrogen (secondary N) is 1. The third kappa shape index (κ3) is 4.16. The predicted octanol–water partition coefficient (Wildman–Crippen LogP) is 1.65. The number of likely N-dealkylation sites (tertiary alicyclic amines) is 1. The van der Waals surface area contributed by atoms with Gasteiger partial charge in [-0.1, -0.05) is 11.6 Å². The highest BCUT2D eigenvalue weighted by atomic mass is 35.5. The first-order valence-electron chi connectivity index (χ1n) is 7.43. The third-order valence-corrected chi connectivity index (χ3v) is 5.28. The Balaban J connectivity index is 1.44. The number of piperidine rings is 1. The van der Waals surface area contributed by atoms with Gasteiger partial charge in [-0.15, -0.1) is 11.3 Å². The van der Waals surface area contributed by atoms with Gasteiger partial charge in [-0.25, -0.2) is 4.98 Å². The van der Waals surface area contributed by atoms with Crippen LogP contribution < -0.4 is 5.32 Å². The zero-order chi connectivity index (χ0) is 14.8.